The number of hydrogen-bond acceptors (Lipinski definition) is 4. The van der Waals surface area contributed by atoms with Crippen LogP contribution in [-0.2, 0) is 22.0 Å². The van der Waals surface area contributed by atoms with Gasteiger partial charge in [-0.15, -0.1) is 10.2 Å². The summed E-state index contributed by atoms with van der Waals surface area (Å²) in [4.78, 5) is 0. The molecule has 0 spiro atoms. The van der Waals surface area contributed by atoms with Crippen LogP contribution in [0.2, 0.25) is 0 Å². The molecule has 0 bridgehead atoms. The lowest BCUT2D eigenvalue weighted by molar-refractivity contribution is 0.315. The highest BCUT2D eigenvalue weighted by Gasteiger charge is 2.41. The summed E-state index contributed by atoms with van der Waals surface area (Å²) < 4.78 is 24.9. The van der Waals surface area contributed by atoms with Crippen LogP contribution < -0.4 is 5.14 Å². The van der Waals surface area contributed by atoms with Gasteiger partial charge in [-0.25, -0.2) is 13.6 Å². The molecular formula is C13H24N4O2S. The third-order valence-electron chi connectivity index (χ3n) is 4.12. The zero-order chi connectivity index (χ0) is 15.0. The number of primary sulfonamides is 1. The molecule has 1 aliphatic rings. The zero-order valence-electron chi connectivity index (χ0n) is 12.5. The standard InChI is InChI=1S/C13H24N4O2S/c1-4-17-11(15-16-12(17)20(14,18)19)13(9-10(2)3)7-5-6-8-13/h10H,4-9H2,1-3H3,(H2,14,18,19). The van der Waals surface area contributed by atoms with E-state index in [1.165, 1.54) is 0 Å². The number of hydrogen-bond donors (Lipinski definition) is 1. The van der Waals surface area contributed by atoms with Gasteiger partial charge in [0.2, 0.25) is 0 Å². The zero-order valence-corrected chi connectivity index (χ0v) is 13.3. The number of aromatic nitrogens is 3. The first-order chi connectivity index (χ1) is 9.30. The molecule has 0 unspecified atom stereocenters. The van der Waals surface area contributed by atoms with E-state index in [9.17, 15) is 8.42 Å². The van der Waals surface area contributed by atoms with Crippen molar-refractivity contribution in [3.05, 3.63) is 5.82 Å². The fourth-order valence-corrected chi connectivity index (χ4v) is 4.21. The Balaban J connectivity index is 2.53. The average Bonchev–Trinajstić information content (AvgIpc) is 2.92. The minimum Gasteiger partial charge on any atom is -0.301 e. The lowest BCUT2D eigenvalue weighted by Crippen LogP contribution is -2.30. The van der Waals surface area contributed by atoms with Crippen LogP contribution in [-0.4, -0.2) is 23.2 Å². The van der Waals surface area contributed by atoms with Crippen molar-refractivity contribution in [3.63, 3.8) is 0 Å². The number of sulfonamides is 1. The molecule has 1 aliphatic carbocycles. The van der Waals surface area contributed by atoms with E-state index in [0.29, 0.717) is 12.5 Å². The summed E-state index contributed by atoms with van der Waals surface area (Å²) in [6.45, 7) is 6.80. The lowest BCUT2D eigenvalue weighted by atomic mass is 9.77. The minimum atomic E-state index is -3.82. The molecule has 7 heteroatoms. The van der Waals surface area contributed by atoms with Crippen molar-refractivity contribution in [1.29, 1.82) is 0 Å². The summed E-state index contributed by atoms with van der Waals surface area (Å²) in [6.07, 6.45) is 5.43. The molecule has 0 saturated heterocycles. The predicted molar refractivity (Wildman–Crippen MR) is 76.7 cm³/mol. The molecule has 0 atom stereocenters. The van der Waals surface area contributed by atoms with E-state index >= 15 is 0 Å². The summed E-state index contributed by atoms with van der Waals surface area (Å²) in [6, 6.07) is 0. The molecule has 2 rings (SSSR count). The maximum Gasteiger partial charge on any atom is 0.273 e. The molecule has 1 aromatic heterocycles. The molecule has 0 aliphatic heterocycles. The second kappa shape index (κ2) is 5.44. The van der Waals surface area contributed by atoms with Gasteiger partial charge in [-0.3, -0.25) is 0 Å². The Morgan fingerprint density at radius 3 is 2.35 bits per heavy atom. The molecular weight excluding hydrogens is 276 g/mol. The Kier molecular flexibility index (Phi) is 4.20. The van der Waals surface area contributed by atoms with Crippen LogP contribution in [0.3, 0.4) is 0 Å². The molecule has 1 aromatic rings. The average molecular weight is 300 g/mol. The number of nitrogens with zero attached hydrogens (tertiary/aromatic N) is 3. The molecule has 6 nitrogen and oxygen atoms in total. The molecule has 2 N–H and O–H groups in total. The minimum absolute atomic E-state index is 0.0416. The summed E-state index contributed by atoms with van der Waals surface area (Å²) >= 11 is 0. The third-order valence-corrected chi connectivity index (χ3v) is 4.93. The lowest BCUT2D eigenvalue weighted by Gasteiger charge is -2.30. The van der Waals surface area contributed by atoms with Gasteiger partial charge >= 0.3 is 0 Å². The summed E-state index contributed by atoms with van der Waals surface area (Å²) in [5, 5.41) is 13.2. The molecule has 1 saturated carbocycles. The SMILES string of the molecule is CCn1c(C2(CC(C)C)CCCC2)nnc1S(N)(=O)=O. The van der Waals surface area contributed by atoms with Gasteiger partial charge in [-0.2, -0.15) is 0 Å². The van der Waals surface area contributed by atoms with Crippen molar-refractivity contribution in [2.24, 2.45) is 11.1 Å². The fraction of sp³-hybridized carbons (Fsp3) is 0.846. The highest BCUT2D eigenvalue weighted by atomic mass is 32.2. The van der Waals surface area contributed by atoms with Gasteiger partial charge in [0, 0.05) is 12.0 Å². The first-order valence-corrected chi connectivity index (χ1v) is 8.81. The first kappa shape index (κ1) is 15.4. The van der Waals surface area contributed by atoms with Crippen molar-refractivity contribution in [3.8, 4) is 0 Å². The van der Waals surface area contributed by atoms with Crippen molar-refractivity contribution < 1.29 is 8.42 Å². The second-order valence-corrected chi connectivity index (χ2v) is 7.64. The highest BCUT2D eigenvalue weighted by Crippen LogP contribution is 2.45. The van der Waals surface area contributed by atoms with Crippen molar-refractivity contribution in [2.75, 3.05) is 0 Å². The van der Waals surface area contributed by atoms with Crippen LogP contribution in [0.4, 0.5) is 0 Å². The Labute approximate surface area is 120 Å². The normalized spacial score (nSPS) is 18.9. The Morgan fingerprint density at radius 2 is 1.90 bits per heavy atom. The van der Waals surface area contributed by atoms with Crippen LogP contribution in [0.1, 0.15) is 58.7 Å². The van der Waals surface area contributed by atoms with E-state index in [1.54, 1.807) is 4.57 Å². The summed E-state index contributed by atoms with van der Waals surface area (Å²) in [5.41, 5.74) is -0.0416. The van der Waals surface area contributed by atoms with Crippen molar-refractivity contribution >= 4 is 10.0 Å². The van der Waals surface area contributed by atoms with Crippen LogP contribution in [0, 0.1) is 5.92 Å². The third kappa shape index (κ3) is 2.74. The monoisotopic (exact) mass is 300 g/mol. The fourth-order valence-electron chi connectivity index (χ4n) is 3.53. The maximum atomic E-state index is 11.6. The van der Waals surface area contributed by atoms with Gasteiger partial charge in [0.05, 0.1) is 0 Å². The van der Waals surface area contributed by atoms with Gasteiger partial charge in [0.15, 0.2) is 0 Å². The van der Waals surface area contributed by atoms with Crippen LogP contribution >= 0.6 is 0 Å². The van der Waals surface area contributed by atoms with Gasteiger partial charge in [0.25, 0.3) is 15.2 Å². The Morgan fingerprint density at radius 1 is 1.30 bits per heavy atom. The van der Waals surface area contributed by atoms with Crippen LogP contribution in [0.15, 0.2) is 5.16 Å². The predicted octanol–water partition coefficient (Wildman–Crippen LogP) is 1.80. The Bertz CT molecular complexity index is 571. The van der Waals surface area contributed by atoms with E-state index in [0.717, 1.165) is 37.9 Å². The molecule has 0 radical (unpaired) electrons. The van der Waals surface area contributed by atoms with Gasteiger partial charge in [-0.05, 0) is 32.1 Å². The second-order valence-electron chi connectivity index (χ2n) is 6.18. The van der Waals surface area contributed by atoms with Gasteiger partial charge in [0.1, 0.15) is 5.82 Å². The highest BCUT2D eigenvalue weighted by molar-refractivity contribution is 7.89. The Hall–Kier alpha value is -0.950. The molecule has 20 heavy (non-hydrogen) atoms. The number of rotatable bonds is 5. The summed E-state index contributed by atoms with van der Waals surface area (Å²) in [7, 11) is -3.82. The molecule has 0 aromatic carbocycles. The van der Waals surface area contributed by atoms with E-state index in [1.807, 2.05) is 6.92 Å². The smallest absolute Gasteiger partial charge is 0.273 e. The van der Waals surface area contributed by atoms with E-state index in [-0.39, 0.29) is 10.6 Å². The van der Waals surface area contributed by atoms with Crippen LogP contribution in [0.25, 0.3) is 0 Å². The van der Waals surface area contributed by atoms with E-state index in [2.05, 4.69) is 24.0 Å². The molecule has 1 fully saturated rings. The molecule has 114 valence electrons. The van der Waals surface area contributed by atoms with Crippen LogP contribution in [0.5, 0.6) is 0 Å². The summed E-state index contributed by atoms with van der Waals surface area (Å²) in [5.74, 6) is 1.34. The largest absolute Gasteiger partial charge is 0.301 e. The quantitative estimate of drug-likeness (QED) is 0.897. The van der Waals surface area contributed by atoms with Gasteiger partial charge < -0.3 is 4.57 Å². The molecule has 0 amide bonds. The molecule has 1 heterocycles. The topological polar surface area (TPSA) is 90.9 Å². The maximum absolute atomic E-state index is 11.6. The first-order valence-electron chi connectivity index (χ1n) is 7.26. The van der Waals surface area contributed by atoms with Crippen molar-refractivity contribution in [2.45, 2.75) is 70.0 Å². The van der Waals surface area contributed by atoms with Gasteiger partial charge in [-0.1, -0.05) is 26.7 Å². The van der Waals surface area contributed by atoms with Crippen molar-refractivity contribution in [1.82, 2.24) is 14.8 Å². The number of nitrogens with two attached hydrogens (primary N) is 1. The van der Waals surface area contributed by atoms with E-state index in [4.69, 9.17) is 5.14 Å². The van der Waals surface area contributed by atoms with E-state index < -0.39 is 10.0 Å².